The van der Waals surface area contributed by atoms with Gasteiger partial charge in [-0.15, -0.1) is 0 Å². The smallest absolute Gasteiger partial charge is 0.419 e. The van der Waals surface area contributed by atoms with Gasteiger partial charge in [0.25, 0.3) is 5.69 Å². The molecule has 0 aliphatic carbocycles. The van der Waals surface area contributed by atoms with Crippen LogP contribution in [0.1, 0.15) is 5.56 Å². The first kappa shape index (κ1) is 15.4. The van der Waals surface area contributed by atoms with E-state index in [1.807, 2.05) is 30.3 Å². The van der Waals surface area contributed by atoms with Crippen LogP contribution in [0.3, 0.4) is 0 Å². The summed E-state index contributed by atoms with van der Waals surface area (Å²) in [4.78, 5) is 26.3. The van der Waals surface area contributed by atoms with Crippen molar-refractivity contribution in [2.24, 2.45) is 0 Å². The Morgan fingerprint density at radius 1 is 1.12 bits per heavy atom. The van der Waals surface area contributed by atoms with Gasteiger partial charge in [-0.1, -0.05) is 30.3 Å². The number of hydrogen-bond donors (Lipinski definition) is 0. The molecule has 3 aromatic rings. The van der Waals surface area contributed by atoms with Crippen LogP contribution in [0.25, 0.3) is 11.3 Å². The molecule has 1 aromatic heterocycles. The van der Waals surface area contributed by atoms with E-state index in [1.54, 1.807) is 18.3 Å². The van der Waals surface area contributed by atoms with Crippen LogP contribution in [0.2, 0.25) is 0 Å². The van der Waals surface area contributed by atoms with E-state index >= 15 is 0 Å². The molecule has 0 saturated carbocycles. The maximum atomic E-state index is 12.0. The predicted molar refractivity (Wildman–Crippen MR) is 86.3 cm³/mol. The number of nitro groups is 1. The number of carbonyl (C=O) groups excluding carboxylic acids is 1. The molecular weight excluding hydrogens is 310 g/mol. The molecule has 7 heteroatoms. The first-order valence-corrected chi connectivity index (χ1v) is 7.13. The molecule has 1 heterocycles. The summed E-state index contributed by atoms with van der Waals surface area (Å²) in [7, 11) is 0. The average Bonchev–Trinajstić information content (AvgIpc) is 3.11. The Bertz CT molecular complexity index is 857. The van der Waals surface area contributed by atoms with Gasteiger partial charge in [0, 0.05) is 23.9 Å². The highest BCUT2D eigenvalue weighted by molar-refractivity contribution is 5.72. The van der Waals surface area contributed by atoms with Crippen LogP contribution in [-0.4, -0.2) is 20.6 Å². The van der Waals surface area contributed by atoms with Gasteiger partial charge < -0.3 is 4.74 Å². The van der Waals surface area contributed by atoms with Crippen molar-refractivity contribution >= 4 is 11.8 Å². The fraction of sp³-hybridized carbons (Fsp3) is 0.0588. The molecule has 0 saturated heterocycles. The van der Waals surface area contributed by atoms with Gasteiger partial charge in [-0.05, 0) is 17.7 Å². The molecule has 0 radical (unpaired) electrons. The molecule has 0 unspecified atom stereocenters. The number of non-ortho nitro benzene ring substituents is 1. The number of aromatic nitrogens is 2. The monoisotopic (exact) mass is 323 g/mol. The van der Waals surface area contributed by atoms with E-state index in [0.717, 1.165) is 5.56 Å². The first-order valence-electron chi connectivity index (χ1n) is 7.13. The Hall–Kier alpha value is -3.48. The summed E-state index contributed by atoms with van der Waals surface area (Å²) in [6.07, 6.45) is 2.41. The fourth-order valence-corrected chi connectivity index (χ4v) is 2.11. The molecule has 0 atom stereocenters. The van der Waals surface area contributed by atoms with E-state index in [-0.39, 0.29) is 12.3 Å². The van der Waals surface area contributed by atoms with Crippen LogP contribution in [0.4, 0.5) is 10.5 Å². The van der Waals surface area contributed by atoms with Gasteiger partial charge in [0.05, 0.1) is 10.6 Å². The Balaban J connectivity index is 1.63. The second-order valence-electron chi connectivity index (χ2n) is 5.01. The molecule has 2 aromatic carbocycles. The average molecular weight is 323 g/mol. The number of hydrogen-bond acceptors (Lipinski definition) is 5. The minimum absolute atomic E-state index is 0.00723. The Kier molecular flexibility index (Phi) is 4.33. The van der Waals surface area contributed by atoms with E-state index in [1.165, 1.54) is 23.0 Å². The minimum atomic E-state index is -0.567. The number of nitro benzene ring substituents is 1. The van der Waals surface area contributed by atoms with E-state index in [4.69, 9.17) is 4.74 Å². The summed E-state index contributed by atoms with van der Waals surface area (Å²) >= 11 is 0. The van der Waals surface area contributed by atoms with Crippen LogP contribution in [0, 0.1) is 10.1 Å². The Labute approximate surface area is 137 Å². The lowest BCUT2D eigenvalue weighted by Crippen LogP contribution is -2.11. The number of carbonyl (C=O) groups is 1. The largest absolute Gasteiger partial charge is 0.444 e. The van der Waals surface area contributed by atoms with Gasteiger partial charge >= 0.3 is 6.09 Å². The lowest BCUT2D eigenvalue weighted by molar-refractivity contribution is -0.384. The van der Waals surface area contributed by atoms with Crippen molar-refractivity contribution in [2.75, 3.05) is 0 Å². The summed E-state index contributed by atoms with van der Waals surface area (Å²) in [5.41, 5.74) is 2.23. The van der Waals surface area contributed by atoms with Crippen molar-refractivity contribution in [2.45, 2.75) is 6.61 Å². The summed E-state index contributed by atoms with van der Waals surface area (Å²) in [6, 6.07) is 15.3. The molecule has 0 bridgehead atoms. The lowest BCUT2D eigenvalue weighted by Gasteiger charge is -2.04. The molecule has 0 aliphatic heterocycles. The Morgan fingerprint density at radius 3 is 2.50 bits per heavy atom. The van der Waals surface area contributed by atoms with Crippen molar-refractivity contribution in [3.05, 3.63) is 82.8 Å². The number of benzene rings is 2. The van der Waals surface area contributed by atoms with E-state index < -0.39 is 11.0 Å². The summed E-state index contributed by atoms with van der Waals surface area (Å²) in [6.45, 7) is 0.0235. The predicted octanol–water partition coefficient (Wildman–Crippen LogP) is 3.64. The third-order valence-corrected chi connectivity index (χ3v) is 3.37. The number of nitrogens with zero attached hydrogens (tertiary/aromatic N) is 3. The summed E-state index contributed by atoms with van der Waals surface area (Å²) in [5.74, 6) is 0. The molecular formula is C17H13N3O4. The lowest BCUT2D eigenvalue weighted by atomic mass is 10.2. The number of rotatable bonds is 4. The topological polar surface area (TPSA) is 87.3 Å². The molecule has 0 N–H and O–H groups in total. The fourth-order valence-electron chi connectivity index (χ4n) is 2.11. The van der Waals surface area contributed by atoms with Crippen LogP contribution in [0.15, 0.2) is 67.1 Å². The highest BCUT2D eigenvalue weighted by Gasteiger charge is 2.10. The maximum absolute atomic E-state index is 12.0. The summed E-state index contributed by atoms with van der Waals surface area (Å²) in [5, 5.41) is 10.6. The van der Waals surface area contributed by atoms with Crippen molar-refractivity contribution < 1.29 is 14.5 Å². The molecule has 120 valence electrons. The van der Waals surface area contributed by atoms with Crippen molar-refractivity contribution in [3.63, 3.8) is 0 Å². The molecule has 0 spiro atoms. The zero-order valence-electron chi connectivity index (χ0n) is 12.5. The van der Waals surface area contributed by atoms with Crippen LogP contribution in [0.5, 0.6) is 0 Å². The van der Waals surface area contributed by atoms with Crippen LogP contribution < -0.4 is 0 Å². The number of imidazole rings is 1. The zero-order chi connectivity index (χ0) is 16.9. The quantitative estimate of drug-likeness (QED) is 0.540. The molecule has 3 rings (SSSR count). The van der Waals surface area contributed by atoms with Crippen molar-refractivity contribution in [1.29, 1.82) is 0 Å². The minimum Gasteiger partial charge on any atom is -0.444 e. The van der Waals surface area contributed by atoms with Gasteiger partial charge in [-0.3, -0.25) is 10.1 Å². The molecule has 7 nitrogen and oxygen atoms in total. The summed E-state index contributed by atoms with van der Waals surface area (Å²) < 4.78 is 6.44. The maximum Gasteiger partial charge on any atom is 0.419 e. The molecule has 0 fully saturated rings. The highest BCUT2D eigenvalue weighted by atomic mass is 16.6. The molecule has 24 heavy (non-hydrogen) atoms. The van der Waals surface area contributed by atoms with E-state index in [2.05, 4.69) is 4.98 Å². The van der Waals surface area contributed by atoms with Crippen LogP contribution >= 0.6 is 0 Å². The van der Waals surface area contributed by atoms with Gasteiger partial charge in [0.15, 0.2) is 0 Å². The Morgan fingerprint density at radius 2 is 1.83 bits per heavy atom. The number of ether oxygens (including phenoxy) is 1. The van der Waals surface area contributed by atoms with Crippen molar-refractivity contribution in [1.82, 2.24) is 9.55 Å². The zero-order valence-corrected chi connectivity index (χ0v) is 12.5. The molecule has 0 amide bonds. The standard InChI is InChI=1S/C17H13N3O4/c21-17(24-11-13-6-8-15(9-7-13)20(22)23)19-10-16(18-12-19)14-4-2-1-3-5-14/h1-10,12H,11H2. The first-order chi connectivity index (χ1) is 11.6. The third-order valence-electron chi connectivity index (χ3n) is 3.37. The second kappa shape index (κ2) is 6.74. The van der Waals surface area contributed by atoms with Gasteiger partial charge in [0.2, 0.25) is 0 Å². The van der Waals surface area contributed by atoms with Crippen molar-refractivity contribution in [3.8, 4) is 11.3 Å². The van der Waals surface area contributed by atoms with E-state index in [0.29, 0.717) is 11.3 Å². The van der Waals surface area contributed by atoms with Gasteiger partial charge in [-0.25, -0.2) is 14.3 Å². The van der Waals surface area contributed by atoms with Gasteiger partial charge in [-0.2, -0.15) is 0 Å². The highest BCUT2D eigenvalue weighted by Crippen LogP contribution is 2.16. The normalized spacial score (nSPS) is 10.3. The third kappa shape index (κ3) is 3.46. The SMILES string of the molecule is O=C(OCc1ccc([N+](=O)[O-])cc1)n1cnc(-c2ccccc2)c1. The van der Waals surface area contributed by atoms with Gasteiger partial charge in [0.1, 0.15) is 12.9 Å². The second-order valence-corrected chi connectivity index (χ2v) is 5.01. The van der Waals surface area contributed by atoms with Crippen LogP contribution in [-0.2, 0) is 11.3 Å². The van der Waals surface area contributed by atoms with E-state index in [9.17, 15) is 14.9 Å². The molecule has 0 aliphatic rings.